The van der Waals surface area contributed by atoms with E-state index < -0.39 is 12.9 Å². The largest absolute Gasteiger partial charge is 0.491 e. The SMILES string of the molecule is O=Cc1cc(F)c(B(O)O)cc1Br. The van der Waals surface area contributed by atoms with Gasteiger partial charge in [0.15, 0.2) is 6.29 Å². The van der Waals surface area contributed by atoms with Gasteiger partial charge in [-0.25, -0.2) is 4.39 Å². The third-order valence-corrected chi connectivity index (χ3v) is 2.21. The van der Waals surface area contributed by atoms with Gasteiger partial charge in [0, 0.05) is 15.5 Å². The Morgan fingerprint density at radius 3 is 2.54 bits per heavy atom. The fourth-order valence-corrected chi connectivity index (χ4v) is 1.32. The first kappa shape index (κ1) is 10.4. The highest BCUT2D eigenvalue weighted by molar-refractivity contribution is 9.10. The summed E-state index contributed by atoms with van der Waals surface area (Å²) in [5.41, 5.74) is -0.139. The van der Waals surface area contributed by atoms with Gasteiger partial charge in [-0.05, 0) is 12.1 Å². The number of halogens is 2. The molecule has 0 aliphatic carbocycles. The Balaban J connectivity index is 3.28. The molecule has 3 nitrogen and oxygen atoms in total. The van der Waals surface area contributed by atoms with Crippen LogP contribution in [0.2, 0.25) is 0 Å². The molecule has 1 aromatic carbocycles. The zero-order chi connectivity index (χ0) is 10.0. The molecule has 6 heteroatoms. The Labute approximate surface area is 82.5 Å². The smallest absolute Gasteiger partial charge is 0.423 e. The van der Waals surface area contributed by atoms with E-state index in [4.69, 9.17) is 10.0 Å². The molecule has 2 N–H and O–H groups in total. The maximum atomic E-state index is 13.0. The number of rotatable bonds is 2. The van der Waals surface area contributed by atoms with Crippen LogP contribution >= 0.6 is 15.9 Å². The first-order chi connectivity index (χ1) is 6.06. The van der Waals surface area contributed by atoms with Crippen LogP contribution < -0.4 is 5.46 Å². The topological polar surface area (TPSA) is 57.5 Å². The van der Waals surface area contributed by atoms with Crippen molar-refractivity contribution in [3.63, 3.8) is 0 Å². The van der Waals surface area contributed by atoms with E-state index in [0.29, 0.717) is 10.8 Å². The van der Waals surface area contributed by atoms with Gasteiger partial charge < -0.3 is 10.0 Å². The minimum atomic E-state index is -1.88. The predicted molar refractivity (Wildman–Crippen MR) is 49.3 cm³/mol. The molecule has 0 saturated carbocycles. The average Bonchev–Trinajstić information content (AvgIpc) is 2.07. The maximum absolute atomic E-state index is 13.0. The summed E-state index contributed by atoms with van der Waals surface area (Å²) in [4.78, 5) is 10.3. The molecular weight excluding hydrogens is 242 g/mol. The van der Waals surface area contributed by atoms with Crippen LogP contribution in [0.3, 0.4) is 0 Å². The fourth-order valence-electron chi connectivity index (χ4n) is 0.866. The number of carbonyl (C=O) groups excluding carboxylic acids is 1. The molecule has 0 unspecified atom stereocenters. The summed E-state index contributed by atoms with van der Waals surface area (Å²) < 4.78 is 13.3. The lowest BCUT2D eigenvalue weighted by atomic mass is 9.79. The van der Waals surface area contributed by atoms with Gasteiger partial charge in [-0.2, -0.15) is 0 Å². The molecule has 0 spiro atoms. The highest BCUT2D eigenvalue weighted by Crippen LogP contribution is 2.14. The maximum Gasteiger partial charge on any atom is 0.491 e. The van der Waals surface area contributed by atoms with Gasteiger partial charge in [0.1, 0.15) is 5.82 Å². The summed E-state index contributed by atoms with van der Waals surface area (Å²) in [5.74, 6) is -0.819. The second-order valence-corrected chi connectivity index (χ2v) is 3.24. The number of hydrogen-bond acceptors (Lipinski definition) is 3. The van der Waals surface area contributed by atoms with Gasteiger partial charge in [0.2, 0.25) is 0 Å². The molecule has 0 atom stereocenters. The van der Waals surface area contributed by atoms with Crippen molar-refractivity contribution in [3.05, 3.63) is 28.0 Å². The summed E-state index contributed by atoms with van der Waals surface area (Å²) in [5, 5.41) is 17.4. The van der Waals surface area contributed by atoms with Gasteiger partial charge in [-0.15, -0.1) is 0 Å². The summed E-state index contributed by atoms with van der Waals surface area (Å²) in [6.45, 7) is 0. The van der Waals surface area contributed by atoms with Crippen LogP contribution in [0, 0.1) is 5.82 Å². The van der Waals surface area contributed by atoms with E-state index in [-0.39, 0.29) is 11.0 Å². The van der Waals surface area contributed by atoms with E-state index in [2.05, 4.69) is 15.9 Å². The zero-order valence-electron chi connectivity index (χ0n) is 6.37. The van der Waals surface area contributed by atoms with E-state index in [1.165, 1.54) is 0 Å². The predicted octanol–water partition coefficient (Wildman–Crippen LogP) is 0.0805. The van der Waals surface area contributed by atoms with Gasteiger partial charge in [0.05, 0.1) is 0 Å². The molecule has 0 heterocycles. The highest BCUT2D eigenvalue weighted by Gasteiger charge is 2.18. The number of benzene rings is 1. The fraction of sp³-hybridized carbons (Fsp3) is 0. The molecule has 0 radical (unpaired) electrons. The Morgan fingerprint density at radius 1 is 1.46 bits per heavy atom. The summed E-state index contributed by atoms with van der Waals surface area (Å²) in [6.07, 6.45) is 0.473. The van der Waals surface area contributed by atoms with E-state index >= 15 is 0 Å². The van der Waals surface area contributed by atoms with E-state index in [1.54, 1.807) is 0 Å². The number of hydrogen-bond donors (Lipinski definition) is 2. The van der Waals surface area contributed by atoms with Crippen LogP contribution in [0.1, 0.15) is 10.4 Å². The Morgan fingerprint density at radius 2 is 2.08 bits per heavy atom. The Bertz CT molecular complexity index is 343. The quantitative estimate of drug-likeness (QED) is 0.574. The van der Waals surface area contributed by atoms with Gasteiger partial charge in [-0.1, -0.05) is 15.9 Å². The van der Waals surface area contributed by atoms with Gasteiger partial charge >= 0.3 is 7.12 Å². The van der Waals surface area contributed by atoms with Crippen molar-refractivity contribution < 1.29 is 19.2 Å². The minimum absolute atomic E-state index is 0.127. The molecule has 0 bridgehead atoms. The first-order valence-corrected chi connectivity index (χ1v) is 4.16. The average molecular weight is 247 g/mol. The summed E-state index contributed by atoms with van der Waals surface area (Å²) >= 11 is 2.99. The molecule has 13 heavy (non-hydrogen) atoms. The second kappa shape index (κ2) is 4.00. The zero-order valence-corrected chi connectivity index (χ0v) is 7.95. The Kier molecular flexibility index (Phi) is 3.19. The van der Waals surface area contributed by atoms with Crippen molar-refractivity contribution in [2.24, 2.45) is 0 Å². The third-order valence-electron chi connectivity index (χ3n) is 1.52. The van der Waals surface area contributed by atoms with Crippen LogP contribution in [0.25, 0.3) is 0 Å². The van der Waals surface area contributed by atoms with Crippen LogP contribution in [-0.4, -0.2) is 23.5 Å². The lowest BCUT2D eigenvalue weighted by Gasteiger charge is -2.03. The van der Waals surface area contributed by atoms with Crippen LogP contribution in [0.15, 0.2) is 16.6 Å². The lowest BCUT2D eigenvalue weighted by Crippen LogP contribution is -2.33. The van der Waals surface area contributed by atoms with Crippen LogP contribution in [-0.2, 0) is 0 Å². The van der Waals surface area contributed by atoms with Crippen molar-refractivity contribution in [2.45, 2.75) is 0 Å². The molecule has 0 fully saturated rings. The second-order valence-electron chi connectivity index (χ2n) is 2.39. The monoisotopic (exact) mass is 246 g/mol. The number of aldehydes is 1. The van der Waals surface area contributed by atoms with Gasteiger partial charge in [0.25, 0.3) is 0 Å². The normalized spacial score (nSPS) is 9.85. The number of carbonyl (C=O) groups is 1. The van der Waals surface area contributed by atoms with Crippen molar-refractivity contribution in [1.82, 2.24) is 0 Å². The molecule has 0 aliphatic rings. The van der Waals surface area contributed by atoms with E-state index in [1.807, 2.05) is 0 Å². The van der Waals surface area contributed by atoms with Crippen molar-refractivity contribution in [2.75, 3.05) is 0 Å². The molecule has 0 saturated heterocycles. The molecule has 1 rings (SSSR count). The molecular formula is C7H5BBrFO3. The molecule has 0 amide bonds. The first-order valence-electron chi connectivity index (χ1n) is 3.36. The summed E-state index contributed by atoms with van der Waals surface area (Å²) in [7, 11) is -1.88. The molecule has 0 aliphatic heterocycles. The highest BCUT2D eigenvalue weighted by atomic mass is 79.9. The standard InChI is InChI=1S/C7H5BBrFO3/c9-6-2-5(8(12)13)7(10)1-4(6)3-11/h1-3,12-13H. The van der Waals surface area contributed by atoms with E-state index in [0.717, 1.165) is 12.1 Å². The molecule has 1 aromatic rings. The Hall–Kier alpha value is -0.715. The van der Waals surface area contributed by atoms with Crippen molar-refractivity contribution in [3.8, 4) is 0 Å². The third kappa shape index (κ3) is 2.15. The summed E-state index contributed by atoms with van der Waals surface area (Å²) in [6, 6.07) is 2.09. The molecule has 0 aromatic heterocycles. The van der Waals surface area contributed by atoms with Crippen molar-refractivity contribution in [1.29, 1.82) is 0 Å². The minimum Gasteiger partial charge on any atom is -0.423 e. The molecule has 68 valence electrons. The van der Waals surface area contributed by atoms with Gasteiger partial charge in [-0.3, -0.25) is 4.79 Å². The lowest BCUT2D eigenvalue weighted by molar-refractivity contribution is 0.112. The van der Waals surface area contributed by atoms with Crippen LogP contribution in [0.5, 0.6) is 0 Å². The van der Waals surface area contributed by atoms with Crippen LogP contribution in [0.4, 0.5) is 4.39 Å². The van der Waals surface area contributed by atoms with E-state index in [9.17, 15) is 9.18 Å². The van der Waals surface area contributed by atoms with Crippen molar-refractivity contribution >= 4 is 34.8 Å².